The fraction of sp³-hybridized carbons (Fsp3) is 0.667. The summed E-state index contributed by atoms with van der Waals surface area (Å²) in [5, 5.41) is 7.03. The van der Waals surface area contributed by atoms with Crippen molar-refractivity contribution < 1.29 is 9.47 Å². The first-order valence-electron chi connectivity index (χ1n) is 10.2. The molecule has 0 spiro atoms. The van der Waals surface area contributed by atoms with Gasteiger partial charge in [0.25, 0.3) is 0 Å². The third-order valence-electron chi connectivity index (χ3n) is 5.53. The summed E-state index contributed by atoms with van der Waals surface area (Å²) in [5.41, 5.74) is 1.18. The Morgan fingerprint density at radius 1 is 1.18 bits per heavy atom. The number of aliphatic imine (C=N–C) groups is 1. The monoisotopic (exact) mass is 502 g/mol. The molecule has 1 saturated carbocycles. The summed E-state index contributed by atoms with van der Waals surface area (Å²) in [4.78, 5) is 6.87. The van der Waals surface area contributed by atoms with Gasteiger partial charge in [-0.15, -0.1) is 24.0 Å². The van der Waals surface area contributed by atoms with Crippen molar-refractivity contribution in [1.29, 1.82) is 0 Å². The lowest BCUT2D eigenvalue weighted by Gasteiger charge is -2.33. The standard InChI is InChI=1S/C21H34N4O2.HI/c1-22-21(24-18-10-12-25(13-11-18)14-15-26-2)23-16-17-6-3-4-9-20(17)27-19-7-5-8-19;/h3-4,6,9,18-19H,5,7-8,10-16H2,1-2H3,(H2,22,23,24);1H. The lowest BCUT2D eigenvalue weighted by atomic mass is 9.96. The van der Waals surface area contributed by atoms with E-state index in [1.165, 1.54) is 24.8 Å². The summed E-state index contributed by atoms with van der Waals surface area (Å²) in [5.74, 6) is 1.86. The van der Waals surface area contributed by atoms with Gasteiger partial charge in [0.1, 0.15) is 5.75 Å². The molecular weight excluding hydrogens is 467 g/mol. The number of hydrogen-bond donors (Lipinski definition) is 2. The summed E-state index contributed by atoms with van der Waals surface area (Å²) in [6.07, 6.45) is 6.29. The van der Waals surface area contributed by atoms with Gasteiger partial charge in [0.15, 0.2) is 5.96 Å². The molecule has 1 aliphatic heterocycles. The molecule has 0 radical (unpaired) electrons. The van der Waals surface area contributed by atoms with E-state index in [-0.39, 0.29) is 24.0 Å². The first-order chi connectivity index (χ1) is 13.3. The van der Waals surface area contributed by atoms with Gasteiger partial charge < -0.3 is 25.0 Å². The van der Waals surface area contributed by atoms with E-state index in [0.29, 0.717) is 12.1 Å². The van der Waals surface area contributed by atoms with Crippen molar-refractivity contribution in [3.63, 3.8) is 0 Å². The van der Waals surface area contributed by atoms with E-state index in [2.05, 4.69) is 38.7 Å². The van der Waals surface area contributed by atoms with Crippen LogP contribution >= 0.6 is 24.0 Å². The van der Waals surface area contributed by atoms with E-state index in [1.54, 1.807) is 7.11 Å². The summed E-state index contributed by atoms with van der Waals surface area (Å²) >= 11 is 0. The highest BCUT2D eigenvalue weighted by Gasteiger charge is 2.21. The Morgan fingerprint density at radius 3 is 2.57 bits per heavy atom. The van der Waals surface area contributed by atoms with Gasteiger partial charge in [0.05, 0.1) is 12.7 Å². The Kier molecular flexibility index (Phi) is 10.4. The summed E-state index contributed by atoms with van der Waals surface area (Å²) in [6.45, 7) is 4.76. The maximum atomic E-state index is 6.13. The van der Waals surface area contributed by atoms with Crippen molar-refractivity contribution >= 4 is 29.9 Å². The average molecular weight is 502 g/mol. The zero-order chi connectivity index (χ0) is 18.9. The number of piperidine rings is 1. The van der Waals surface area contributed by atoms with Crippen LogP contribution in [0.2, 0.25) is 0 Å². The first-order valence-corrected chi connectivity index (χ1v) is 10.2. The fourth-order valence-corrected chi connectivity index (χ4v) is 3.52. The van der Waals surface area contributed by atoms with Crippen LogP contribution < -0.4 is 15.4 Å². The summed E-state index contributed by atoms with van der Waals surface area (Å²) in [7, 11) is 3.60. The minimum atomic E-state index is 0. The molecule has 1 aromatic carbocycles. The van der Waals surface area contributed by atoms with Gasteiger partial charge >= 0.3 is 0 Å². The first kappa shape index (κ1) is 23.2. The molecule has 1 heterocycles. The number of hydrogen-bond acceptors (Lipinski definition) is 4. The van der Waals surface area contributed by atoms with Gasteiger partial charge in [-0.3, -0.25) is 4.99 Å². The molecule has 1 aliphatic carbocycles. The van der Waals surface area contributed by atoms with Crippen molar-refractivity contribution in [1.82, 2.24) is 15.5 Å². The molecule has 0 bridgehead atoms. The third kappa shape index (κ3) is 7.08. The van der Waals surface area contributed by atoms with Crippen molar-refractivity contribution in [2.75, 3.05) is 40.4 Å². The quantitative estimate of drug-likeness (QED) is 0.325. The minimum absolute atomic E-state index is 0. The zero-order valence-corrected chi connectivity index (χ0v) is 19.5. The summed E-state index contributed by atoms with van der Waals surface area (Å²) < 4.78 is 11.3. The molecule has 2 N–H and O–H groups in total. The molecule has 0 amide bonds. The normalized spacial score (nSPS) is 18.9. The number of nitrogens with one attached hydrogen (secondary N) is 2. The van der Waals surface area contributed by atoms with E-state index in [9.17, 15) is 0 Å². The van der Waals surface area contributed by atoms with E-state index in [1.807, 2.05) is 13.1 Å². The molecule has 1 saturated heterocycles. The van der Waals surface area contributed by atoms with E-state index < -0.39 is 0 Å². The van der Waals surface area contributed by atoms with Crippen molar-refractivity contribution in [2.24, 2.45) is 4.99 Å². The number of methoxy groups -OCH3 is 1. The highest BCUT2D eigenvalue weighted by atomic mass is 127. The SMILES string of the molecule is CN=C(NCc1ccccc1OC1CCC1)NC1CCN(CCOC)CC1.I. The molecule has 3 rings (SSSR count). The van der Waals surface area contributed by atoms with E-state index in [4.69, 9.17) is 9.47 Å². The molecule has 0 aromatic heterocycles. The van der Waals surface area contributed by atoms with Crippen LogP contribution in [0.1, 0.15) is 37.7 Å². The summed E-state index contributed by atoms with van der Waals surface area (Å²) in [6, 6.07) is 8.78. The largest absolute Gasteiger partial charge is 0.490 e. The van der Waals surface area contributed by atoms with Gasteiger partial charge in [-0.25, -0.2) is 0 Å². The number of halogens is 1. The maximum Gasteiger partial charge on any atom is 0.191 e. The van der Waals surface area contributed by atoms with Crippen LogP contribution in [0.5, 0.6) is 5.75 Å². The van der Waals surface area contributed by atoms with Crippen LogP contribution in [0, 0.1) is 0 Å². The molecule has 0 unspecified atom stereocenters. The topological polar surface area (TPSA) is 58.1 Å². The van der Waals surface area contributed by atoms with Crippen molar-refractivity contribution in [3.05, 3.63) is 29.8 Å². The van der Waals surface area contributed by atoms with Gasteiger partial charge in [0.2, 0.25) is 0 Å². The number of benzene rings is 1. The Hall–Kier alpha value is -1.06. The number of ether oxygens (including phenoxy) is 2. The lowest BCUT2D eigenvalue weighted by Crippen LogP contribution is -2.48. The van der Waals surface area contributed by atoms with Crippen molar-refractivity contribution in [3.8, 4) is 5.75 Å². The number of para-hydroxylation sites is 1. The second-order valence-electron chi connectivity index (χ2n) is 7.46. The number of guanidine groups is 1. The third-order valence-corrected chi connectivity index (χ3v) is 5.53. The average Bonchev–Trinajstić information content (AvgIpc) is 2.68. The second kappa shape index (κ2) is 12.5. The van der Waals surface area contributed by atoms with Gasteiger partial charge in [0, 0.05) is 51.9 Å². The smallest absolute Gasteiger partial charge is 0.191 e. The zero-order valence-electron chi connectivity index (χ0n) is 17.2. The minimum Gasteiger partial charge on any atom is -0.490 e. The molecule has 28 heavy (non-hydrogen) atoms. The molecular formula is C21H35IN4O2. The molecule has 7 heteroatoms. The highest BCUT2D eigenvalue weighted by Crippen LogP contribution is 2.27. The Morgan fingerprint density at radius 2 is 1.93 bits per heavy atom. The molecule has 2 fully saturated rings. The Bertz CT molecular complexity index is 602. The molecule has 2 aliphatic rings. The maximum absolute atomic E-state index is 6.13. The fourth-order valence-electron chi connectivity index (χ4n) is 3.52. The number of likely N-dealkylation sites (tertiary alicyclic amines) is 1. The van der Waals surface area contributed by atoms with Crippen LogP contribution in [0.25, 0.3) is 0 Å². The van der Waals surface area contributed by atoms with Crippen LogP contribution in [0.4, 0.5) is 0 Å². The number of rotatable bonds is 8. The molecule has 6 nitrogen and oxygen atoms in total. The van der Waals surface area contributed by atoms with Crippen LogP contribution in [-0.2, 0) is 11.3 Å². The van der Waals surface area contributed by atoms with Crippen LogP contribution in [-0.4, -0.2) is 63.4 Å². The van der Waals surface area contributed by atoms with Crippen molar-refractivity contribution in [2.45, 2.75) is 50.8 Å². The van der Waals surface area contributed by atoms with Gasteiger partial charge in [-0.05, 0) is 38.2 Å². The predicted molar refractivity (Wildman–Crippen MR) is 125 cm³/mol. The van der Waals surface area contributed by atoms with E-state index in [0.717, 1.165) is 57.3 Å². The van der Waals surface area contributed by atoms with Gasteiger partial charge in [-0.2, -0.15) is 0 Å². The molecule has 1 aromatic rings. The van der Waals surface area contributed by atoms with Crippen LogP contribution in [0.3, 0.4) is 0 Å². The van der Waals surface area contributed by atoms with E-state index >= 15 is 0 Å². The molecule has 0 atom stereocenters. The van der Waals surface area contributed by atoms with Crippen LogP contribution in [0.15, 0.2) is 29.3 Å². The second-order valence-corrected chi connectivity index (χ2v) is 7.46. The number of nitrogens with zero attached hydrogens (tertiary/aromatic N) is 2. The molecule has 158 valence electrons. The lowest BCUT2D eigenvalue weighted by molar-refractivity contribution is 0.119. The Labute approximate surface area is 186 Å². The highest BCUT2D eigenvalue weighted by molar-refractivity contribution is 14.0. The predicted octanol–water partition coefficient (Wildman–Crippen LogP) is 3.01. The van der Waals surface area contributed by atoms with Gasteiger partial charge in [-0.1, -0.05) is 18.2 Å². The Balaban J connectivity index is 0.00000280.